The van der Waals surface area contributed by atoms with Gasteiger partial charge < -0.3 is 15.0 Å². The molecule has 0 aromatic carbocycles. The van der Waals surface area contributed by atoms with Crippen molar-refractivity contribution in [1.29, 1.82) is 0 Å². The Kier molecular flexibility index (Phi) is 4.29. The average molecular weight is 228 g/mol. The Hall–Kier alpha value is -1.10. The molecule has 0 spiro atoms. The Morgan fingerprint density at radius 1 is 1.44 bits per heavy atom. The van der Waals surface area contributed by atoms with Gasteiger partial charge in [0.1, 0.15) is 12.1 Å². The zero-order chi connectivity index (χ0) is 12.3. The number of rotatable bonds is 4. The molecule has 1 saturated heterocycles. The molecule has 3 atom stereocenters. The van der Waals surface area contributed by atoms with Gasteiger partial charge in [0.25, 0.3) is 0 Å². The zero-order valence-electron chi connectivity index (χ0n) is 10.3. The van der Waals surface area contributed by atoms with E-state index < -0.39 is 12.1 Å². The molecule has 5 heteroatoms. The molecule has 1 heterocycles. The van der Waals surface area contributed by atoms with Crippen molar-refractivity contribution in [3.05, 3.63) is 0 Å². The predicted octanol–water partition coefficient (Wildman–Crippen LogP) is 0.147. The van der Waals surface area contributed by atoms with Gasteiger partial charge in [-0.05, 0) is 27.2 Å². The van der Waals surface area contributed by atoms with Crippen LogP contribution >= 0.6 is 0 Å². The van der Waals surface area contributed by atoms with E-state index in [0.717, 1.165) is 6.42 Å². The third-order valence-corrected chi connectivity index (χ3v) is 2.99. The lowest BCUT2D eigenvalue weighted by molar-refractivity contribution is -0.150. The minimum absolute atomic E-state index is 0.0179. The summed E-state index contributed by atoms with van der Waals surface area (Å²) in [5, 5.41) is 2.66. The number of ether oxygens (including phenoxy) is 1. The second-order valence-electron chi connectivity index (χ2n) is 4.28. The van der Waals surface area contributed by atoms with Crippen molar-refractivity contribution in [3.8, 4) is 0 Å². The van der Waals surface area contributed by atoms with E-state index in [9.17, 15) is 9.59 Å². The summed E-state index contributed by atoms with van der Waals surface area (Å²) in [5.41, 5.74) is 0. The van der Waals surface area contributed by atoms with Crippen LogP contribution in [0.1, 0.15) is 27.2 Å². The first-order valence-electron chi connectivity index (χ1n) is 5.60. The summed E-state index contributed by atoms with van der Waals surface area (Å²) in [7, 11) is 1.63. The van der Waals surface area contributed by atoms with E-state index in [4.69, 9.17) is 4.74 Å². The van der Waals surface area contributed by atoms with E-state index in [1.54, 1.807) is 25.9 Å². The number of hydrogen-bond acceptors (Lipinski definition) is 3. The number of carbonyl (C=O) groups excluding carboxylic acids is 2. The number of amides is 2. The maximum Gasteiger partial charge on any atom is 0.245 e. The van der Waals surface area contributed by atoms with Gasteiger partial charge in [-0.1, -0.05) is 0 Å². The molecule has 0 saturated carbocycles. The monoisotopic (exact) mass is 228 g/mol. The highest BCUT2D eigenvalue weighted by Gasteiger charge is 2.37. The van der Waals surface area contributed by atoms with Crippen LogP contribution in [0.2, 0.25) is 0 Å². The first-order valence-corrected chi connectivity index (χ1v) is 5.60. The maximum atomic E-state index is 12.0. The molecule has 0 aromatic rings. The minimum atomic E-state index is -0.423. The number of nitrogens with zero attached hydrogens (tertiary/aromatic N) is 1. The molecule has 0 bridgehead atoms. The third kappa shape index (κ3) is 2.52. The van der Waals surface area contributed by atoms with Crippen LogP contribution in [0.25, 0.3) is 0 Å². The smallest absolute Gasteiger partial charge is 0.245 e. The molecular formula is C11H20N2O3. The van der Waals surface area contributed by atoms with Crippen molar-refractivity contribution in [3.63, 3.8) is 0 Å². The van der Waals surface area contributed by atoms with Gasteiger partial charge in [-0.3, -0.25) is 9.59 Å². The Labute approximate surface area is 96.1 Å². The van der Waals surface area contributed by atoms with Crippen molar-refractivity contribution in [2.24, 2.45) is 0 Å². The first kappa shape index (κ1) is 13.0. The SMILES string of the molecule is COCCC(C)N1C(=O)C(C)NC(=O)C1C. The van der Waals surface area contributed by atoms with E-state index in [0.29, 0.717) is 6.61 Å². The quantitative estimate of drug-likeness (QED) is 0.745. The third-order valence-electron chi connectivity index (χ3n) is 2.99. The second kappa shape index (κ2) is 5.30. The summed E-state index contributed by atoms with van der Waals surface area (Å²) in [6, 6.07) is -0.791. The predicted molar refractivity (Wildman–Crippen MR) is 59.9 cm³/mol. The average Bonchev–Trinajstić information content (AvgIpc) is 2.24. The Balaban J connectivity index is 2.73. The molecule has 1 N–H and O–H groups in total. The number of hydrogen-bond donors (Lipinski definition) is 1. The Morgan fingerprint density at radius 3 is 2.62 bits per heavy atom. The first-order chi connectivity index (χ1) is 7.49. The summed E-state index contributed by atoms with van der Waals surface area (Å²) in [6.45, 7) is 6.00. The van der Waals surface area contributed by atoms with E-state index in [2.05, 4.69) is 5.32 Å². The van der Waals surface area contributed by atoms with Gasteiger partial charge in [-0.15, -0.1) is 0 Å². The van der Waals surface area contributed by atoms with Crippen LogP contribution in [0, 0.1) is 0 Å². The molecule has 1 aliphatic rings. The lowest BCUT2D eigenvalue weighted by atomic mass is 10.1. The highest BCUT2D eigenvalue weighted by atomic mass is 16.5. The molecule has 5 nitrogen and oxygen atoms in total. The Morgan fingerprint density at radius 2 is 2.06 bits per heavy atom. The lowest BCUT2D eigenvalue weighted by Gasteiger charge is -2.40. The van der Waals surface area contributed by atoms with Crippen LogP contribution in [-0.4, -0.2) is 48.6 Å². The summed E-state index contributed by atoms with van der Waals surface area (Å²) in [5.74, 6) is -0.105. The topological polar surface area (TPSA) is 58.6 Å². The van der Waals surface area contributed by atoms with Crippen molar-refractivity contribution >= 4 is 11.8 Å². The van der Waals surface area contributed by atoms with Crippen LogP contribution in [0.4, 0.5) is 0 Å². The van der Waals surface area contributed by atoms with Gasteiger partial charge in [0.05, 0.1) is 0 Å². The molecular weight excluding hydrogens is 208 g/mol. The highest BCUT2D eigenvalue weighted by molar-refractivity contribution is 5.96. The van der Waals surface area contributed by atoms with Gasteiger partial charge in [-0.25, -0.2) is 0 Å². The molecule has 16 heavy (non-hydrogen) atoms. The standard InChI is InChI=1S/C11H20N2O3/c1-7(5-6-16-4)13-9(3)10(14)12-8(2)11(13)15/h7-9H,5-6H2,1-4H3,(H,12,14). The summed E-state index contributed by atoms with van der Waals surface area (Å²) in [4.78, 5) is 25.2. The molecule has 0 radical (unpaired) electrons. The summed E-state index contributed by atoms with van der Waals surface area (Å²) < 4.78 is 4.99. The lowest BCUT2D eigenvalue weighted by Crippen LogP contribution is -2.63. The van der Waals surface area contributed by atoms with E-state index in [-0.39, 0.29) is 17.9 Å². The van der Waals surface area contributed by atoms with Gasteiger partial charge in [0, 0.05) is 19.8 Å². The van der Waals surface area contributed by atoms with E-state index >= 15 is 0 Å². The summed E-state index contributed by atoms with van der Waals surface area (Å²) >= 11 is 0. The molecule has 3 unspecified atom stereocenters. The van der Waals surface area contributed by atoms with E-state index in [1.807, 2.05) is 6.92 Å². The molecule has 0 aliphatic carbocycles. The zero-order valence-corrected chi connectivity index (χ0v) is 10.3. The molecule has 1 fully saturated rings. The van der Waals surface area contributed by atoms with Crippen molar-refractivity contribution in [1.82, 2.24) is 10.2 Å². The van der Waals surface area contributed by atoms with Gasteiger partial charge >= 0.3 is 0 Å². The minimum Gasteiger partial charge on any atom is -0.385 e. The number of carbonyl (C=O) groups is 2. The summed E-state index contributed by atoms with van der Waals surface area (Å²) in [6.07, 6.45) is 0.743. The second-order valence-corrected chi connectivity index (χ2v) is 4.28. The highest BCUT2D eigenvalue weighted by Crippen LogP contribution is 2.15. The van der Waals surface area contributed by atoms with Crippen LogP contribution < -0.4 is 5.32 Å². The maximum absolute atomic E-state index is 12.0. The largest absolute Gasteiger partial charge is 0.385 e. The van der Waals surface area contributed by atoms with Gasteiger partial charge in [0.2, 0.25) is 11.8 Å². The van der Waals surface area contributed by atoms with Crippen molar-refractivity contribution in [2.45, 2.75) is 45.3 Å². The molecule has 92 valence electrons. The number of piperazine rings is 1. The fourth-order valence-corrected chi connectivity index (χ4v) is 1.96. The van der Waals surface area contributed by atoms with E-state index in [1.165, 1.54) is 0 Å². The van der Waals surface area contributed by atoms with Gasteiger partial charge in [-0.2, -0.15) is 0 Å². The number of nitrogens with one attached hydrogen (secondary N) is 1. The van der Waals surface area contributed by atoms with Crippen LogP contribution in [-0.2, 0) is 14.3 Å². The molecule has 0 aromatic heterocycles. The van der Waals surface area contributed by atoms with Crippen molar-refractivity contribution < 1.29 is 14.3 Å². The van der Waals surface area contributed by atoms with Crippen LogP contribution in [0.15, 0.2) is 0 Å². The van der Waals surface area contributed by atoms with Gasteiger partial charge in [0.15, 0.2) is 0 Å². The molecule has 2 amide bonds. The number of methoxy groups -OCH3 is 1. The van der Waals surface area contributed by atoms with Crippen LogP contribution in [0.3, 0.4) is 0 Å². The molecule has 1 aliphatic heterocycles. The fourth-order valence-electron chi connectivity index (χ4n) is 1.96. The molecule has 1 rings (SSSR count). The normalized spacial score (nSPS) is 27.9. The fraction of sp³-hybridized carbons (Fsp3) is 0.818. The Bertz CT molecular complexity index is 280. The van der Waals surface area contributed by atoms with Crippen molar-refractivity contribution in [2.75, 3.05) is 13.7 Å². The van der Waals surface area contributed by atoms with Crippen LogP contribution in [0.5, 0.6) is 0 Å².